The van der Waals surface area contributed by atoms with Crippen molar-refractivity contribution in [3.8, 4) is 5.75 Å². The molecular weight excluding hydrogens is 262 g/mol. The topological polar surface area (TPSA) is 22.9 Å². The summed E-state index contributed by atoms with van der Waals surface area (Å²) < 4.78 is 11.2. The first kappa shape index (κ1) is 14.6. The van der Waals surface area contributed by atoms with Gasteiger partial charge < -0.3 is 14.4 Å². The maximum Gasteiger partial charge on any atom is 0.140 e. The summed E-state index contributed by atoms with van der Waals surface area (Å²) in [5, 5.41) is 0.719. The van der Waals surface area contributed by atoms with Gasteiger partial charge in [-0.05, 0) is 31.0 Å². The molecule has 1 saturated heterocycles. The molecule has 1 heterocycles. The summed E-state index contributed by atoms with van der Waals surface area (Å²) >= 11 is 6.22. The van der Waals surface area contributed by atoms with Crippen LogP contribution in [0.25, 0.3) is 0 Å². The van der Waals surface area contributed by atoms with Gasteiger partial charge in [0, 0.05) is 6.42 Å². The van der Waals surface area contributed by atoms with Gasteiger partial charge in [0.25, 0.3) is 0 Å². The third-order valence-electron chi connectivity index (χ3n) is 3.49. The van der Waals surface area contributed by atoms with Crippen LogP contribution in [0.15, 0.2) is 12.1 Å². The Balaban J connectivity index is 1.76. The van der Waals surface area contributed by atoms with Crippen molar-refractivity contribution >= 4 is 11.6 Å². The summed E-state index contributed by atoms with van der Waals surface area (Å²) in [6.07, 6.45) is 1.05. The molecule has 1 aromatic rings. The minimum absolute atomic E-state index is 0.719. The maximum absolute atomic E-state index is 6.22. The highest BCUT2D eigenvalue weighted by atomic mass is 35.5. The van der Waals surface area contributed by atoms with Gasteiger partial charge in [0.05, 0.1) is 31.4 Å². The second kappa shape index (κ2) is 7.13. The van der Waals surface area contributed by atoms with E-state index in [-0.39, 0.29) is 0 Å². The van der Waals surface area contributed by atoms with Gasteiger partial charge in [0.1, 0.15) is 18.8 Å². The first-order valence-corrected chi connectivity index (χ1v) is 7.35. The summed E-state index contributed by atoms with van der Waals surface area (Å²) in [5.41, 5.74) is 2.29. The number of ether oxygens (including phenoxy) is 2. The molecule has 1 N–H and O–H groups in total. The van der Waals surface area contributed by atoms with Crippen molar-refractivity contribution < 1.29 is 14.4 Å². The molecule has 0 spiro atoms. The van der Waals surface area contributed by atoms with Crippen LogP contribution in [0, 0.1) is 13.8 Å². The molecule has 1 aromatic carbocycles. The molecule has 3 nitrogen and oxygen atoms in total. The molecule has 19 heavy (non-hydrogen) atoms. The largest absolute Gasteiger partial charge is 0.492 e. The zero-order valence-corrected chi connectivity index (χ0v) is 12.6. The average molecular weight is 285 g/mol. The third kappa shape index (κ3) is 4.37. The minimum Gasteiger partial charge on any atom is -0.492 e. The van der Waals surface area contributed by atoms with Gasteiger partial charge in [-0.15, -0.1) is 0 Å². The summed E-state index contributed by atoms with van der Waals surface area (Å²) in [7, 11) is 0. The molecule has 0 unspecified atom stereocenters. The zero-order valence-electron chi connectivity index (χ0n) is 11.8. The van der Waals surface area contributed by atoms with E-state index in [1.807, 2.05) is 19.9 Å². The molecule has 1 aliphatic rings. The number of aryl methyl sites for hydroxylation is 2. The second-order valence-electron chi connectivity index (χ2n) is 5.21. The Hall–Kier alpha value is -0.770. The van der Waals surface area contributed by atoms with Crippen LogP contribution in [0.4, 0.5) is 0 Å². The zero-order chi connectivity index (χ0) is 13.7. The average Bonchev–Trinajstić information content (AvgIpc) is 2.38. The minimum atomic E-state index is 0.719. The van der Waals surface area contributed by atoms with Gasteiger partial charge in [-0.3, -0.25) is 0 Å². The molecule has 2 rings (SSSR count). The van der Waals surface area contributed by atoms with Crippen molar-refractivity contribution in [2.75, 3.05) is 39.5 Å². The maximum atomic E-state index is 6.22. The Bertz CT molecular complexity index is 394. The van der Waals surface area contributed by atoms with Crippen LogP contribution >= 0.6 is 11.6 Å². The van der Waals surface area contributed by atoms with Crippen LogP contribution in [-0.2, 0) is 4.74 Å². The van der Waals surface area contributed by atoms with E-state index in [0.29, 0.717) is 0 Å². The molecule has 1 fully saturated rings. The van der Waals surface area contributed by atoms with Gasteiger partial charge in [0.2, 0.25) is 0 Å². The summed E-state index contributed by atoms with van der Waals surface area (Å²) in [6, 6.07) is 4.06. The fraction of sp³-hybridized carbons (Fsp3) is 0.600. The number of morpholine rings is 1. The van der Waals surface area contributed by atoms with E-state index >= 15 is 0 Å². The highest BCUT2D eigenvalue weighted by Gasteiger charge is 2.13. The smallest absolute Gasteiger partial charge is 0.140 e. The van der Waals surface area contributed by atoms with Crippen molar-refractivity contribution in [3.05, 3.63) is 28.3 Å². The van der Waals surface area contributed by atoms with E-state index in [4.69, 9.17) is 21.1 Å². The van der Waals surface area contributed by atoms with Crippen LogP contribution in [-0.4, -0.2) is 39.5 Å². The molecule has 0 atom stereocenters. The van der Waals surface area contributed by atoms with Crippen LogP contribution in [0.3, 0.4) is 0 Å². The lowest BCUT2D eigenvalue weighted by molar-refractivity contribution is -0.908. The molecule has 0 aromatic heterocycles. The Kier molecular flexibility index (Phi) is 5.49. The molecule has 4 heteroatoms. The second-order valence-corrected chi connectivity index (χ2v) is 5.61. The van der Waals surface area contributed by atoms with Gasteiger partial charge >= 0.3 is 0 Å². The van der Waals surface area contributed by atoms with Crippen molar-refractivity contribution in [2.24, 2.45) is 0 Å². The first-order valence-electron chi connectivity index (χ1n) is 6.97. The molecule has 0 saturated carbocycles. The lowest BCUT2D eigenvalue weighted by Crippen LogP contribution is -3.14. The Labute approximate surface area is 120 Å². The standard InChI is InChI=1S/C15H22ClNO2/c1-12-10-13(2)15(14(16)11-12)19-7-3-4-17-5-8-18-9-6-17/h10-11H,3-9H2,1-2H3/p+1. The summed E-state index contributed by atoms with van der Waals surface area (Å²) in [5.74, 6) is 0.837. The number of halogens is 1. The number of quaternary nitrogens is 1. The van der Waals surface area contributed by atoms with Gasteiger partial charge in [-0.1, -0.05) is 17.7 Å². The Morgan fingerprint density at radius 3 is 2.68 bits per heavy atom. The van der Waals surface area contributed by atoms with E-state index in [1.165, 1.54) is 5.56 Å². The lowest BCUT2D eigenvalue weighted by Gasteiger charge is -2.23. The van der Waals surface area contributed by atoms with Crippen LogP contribution < -0.4 is 9.64 Å². The van der Waals surface area contributed by atoms with Gasteiger partial charge in [0.15, 0.2) is 0 Å². The van der Waals surface area contributed by atoms with Crippen LogP contribution in [0.1, 0.15) is 17.5 Å². The van der Waals surface area contributed by atoms with Crippen molar-refractivity contribution in [3.63, 3.8) is 0 Å². The fourth-order valence-corrected chi connectivity index (χ4v) is 2.87. The highest BCUT2D eigenvalue weighted by Crippen LogP contribution is 2.29. The molecule has 0 radical (unpaired) electrons. The van der Waals surface area contributed by atoms with Crippen LogP contribution in [0.2, 0.25) is 5.02 Å². The molecule has 0 amide bonds. The van der Waals surface area contributed by atoms with Crippen molar-refractivity contribution in [2.45, 2.75) is 20.3 Å². The molecule has 106 valence electrons. The summed E-state index contributed by atoms with van der Waals surface area (Å²) in [4.78, 5) is 1.61. The van der Waals surface area contributed by atoms with Crippen molar-refractivity contribution in [1.82, 2.24) is 0 Å². The van der Waals surface area contributed by atoms with E-state index in [2.05, 4.69) is 6.07 Å². The highest BCUT2D eigenvalue weighted by molar-refractivity contribution is 6.32. The normalized spacial score (nSPS) is 16.6. The van der Waals surface area contributed by atoms with Gasteiger partial charge in [-0.25, -0.2) is 0 Å². The number of hydrogen-bond donors (Lipinski definition) is 1. The first-order chi connectivity index (χ1) is 9.16. The molecule has 0 aliphatic carbocycles. The number of nitrogens with one attached hydrogen (secondary N) is 1. The van der Waals surface area contributed by atoms with Gasteiger partial charge in [-0.2, -0.15) is 0 Å². The van der Waals surface area contributed by atoms with E-state index < -0.39 is 0 Å². The van der Waals surface area contributed by atoms with Crippen LogP contribution in [0.5, 0.6) is 5.75 Å². The third-order valence-corrected chi connectivity index (χ3v) is 3.78. The number of benzene rings is 1. The molecule has 0 bridgehead atoms. The van der Waals surface area contributed by atoms with E-state index in [9.17, 15) is 0 Å². The Morgan fingerprint density at radius 2 is 2.00 bits per heavy atom. The molecule has 1 aliphatic heterocycles. The quantitative estimate of drug-likeness (QED) is 0.831. The summed E-state index contributed by atoms with van der Waals surface area (Å²) in [6.45, 7) is 9.97. The fourth-order valence-electron chi connectivity index (χ4n) is 2.49. The SMILES string of the molecule is Cc1cc(C)c(OCCC[NH+]2CCOCC2)c(Cl)c1. The monoisotopic (exact) mass is 284 g/mol. The number of rotatable bonds is 5. The lowest BCUT2D eigenvalue weighted by atomic mass is 10.1. The van der Waals surface area contributed by atoms with E-state index in [1.54, 1.807) is 4.90 Å². The van der Waals surface area contributed by atoms with Crippen molar-refractivity contribution in [1.29, 1.82) is 0 Å². The Morgan fingerprint density at radius 1 is 1.26 bits per heavy atom. The predicted molar refractivity (Wildman–Crippen MR) is 77.4 cm³/mol. The predicted octanol–water partition coefficient (Wildman–Crippen LogP) is 1.64. The number of hydrogen-bond acceptors (Lipinski definition) is 2. The van der Waals surface area contributed by atoms with E-state index in [0.717, 1.165) is 62.2 Å². The molecular formula is C15H23ClNO2+.